The zero-order valence-electron chi connectivity index (χ0n) is 13.4. The SMILES string of the molecule is O=C1NCCN1CCNc1nn(-c2ccc(Cl)cc2)c2cnccc12. The highest BCUT2D eigenvalue weighted by Crippen LogP contribution is 2.25. The Morgan fingerprint density at radius 1 is 1.24 bits per heavy atom. The minimum Gasteiger partial charge on any atom is -0.366 e. The second-order valence-corrected chi connectivity index (χ2v) is 6.21. The van der Waals surface area contributed by atoms with E-state index in [0.717, 1.165) is 29.0 Å². The molecule has 2 aromatic heterocycles. The molecule has 0 aliphatic carbocycles. The number of fused-ring (bicyclic) bond motifs is 1. The van der Waals surface area contributed by atoms with Crippen molar-refractivity contribution in [2.75, 3.05) is 31.5 Å². The number of benzene rings is 1. The number of nitrogens with one attached hydrogen (secondary N) is 2. The number of nitrogens with zero attached hydrogens (tertiary/aromatic N) is 4. The monoisotopic (exact) mass is 356 g/mol. The third-order valence-corrected chi connectivity index (χ3v) is 4.43. The van der Waals surface area contributed by atoms with Crippen LogP contribution in [0.25, 0.3) is 16.6 Å². The topological polar surface area (TPSA) is 75.1 Å². The molecule has 0 saturated carbocycles. The zero-order chi connectivity index (χ0) is 17.2. The van der Waals surface area contributed by atoms with E-state index in [1.54, 1.807) is 17.3 Å². The van der Waals surface area contributed by atoms with E-state index in [0.29, 0.717) is 24.7 Å². The van der Waals surface area contributed by atoms with Crippen molar-refractivity contribution < 1.29 is 4.79 Å². The van der Waals surface area contributed by atoms with E-state index in [4.69, 9.17) is 11.6 Å². The van der Waals surface area contributed by atoms with Crippen LogP contribution in [-0.2, 0) is 0 Å². The van der Waals surface area contributed by atoms with E-state index >= 15 is 0 Å². The lowest BCUT2D eigenvalue weighted by Crippen LogP contribution is -2.32. The number of carbonyl (C=O) groups is 1. The van der Waals surface area contributed by atoms with Crippen LogP contribution in [0.5, 0.6) is 0 Å². The predicted octanol–water partition coefficient (Wildman–Crippen LogP) is 2.51. The normalized spacial score (nSPS) is 14.1. The molecule has 1 fully saturated rings. The average molecular weight is 357 g/mol. The van der Waals surface area contributed by atoms with Gasteiger partial charge in [-0.1, -0.05) is 11.6 Å². The van der Waals surface area contributed by atoms with Gasteiger partial charge in [0.2, 0.25) is 0 Å². The molecule has 1 aliphatic heterocycles. The number of urea groups is 1. The molecule has 4 rings (SSSR count). The molecule has 0 spiro atoms. The largest absolute Gasteiger partial charge is 0.366 e. The maximum absolute atomic E-state index is 11.6. The number of rotatable bonds is 5. The molecule has 0 unspecified atom stereocenters. The van der Waals surface area contributed by atoms with Crippen LogP contribution in [-0.4, -0.2) is 51.9 Å². The van der Waals surface area contributed by atoms with Crippen molar-refractivity contribution in [3.8, 4) is 5.69 Å². The summed E-state index contributed by atoms with van der Waals surface area (Å²) >= 11 is 5.97. The smallest absolute Gasteiger partial charge is 0.317 e. The van der Waals surface area contributed by atoms with Crippen molar-refractivity contribution in [2.45, 2.75) is 0 Å². The Hall–Kier alpha value is -2.80. The second-order valence-electron chi connectivity index (χ2n) is 5.78. The minimum atomic E-state index is -0.0115. The van der Waals surface area contributed by atoms with Gasteiger partial charge in [0.15, 0.2) is 5.82 Å². The molecule has 0 radical (unpaired) electrons. The van der Waals surface area contributed by atoms with Crippen LogP contribution in [0.15, 0.2) is 42.7 Å². The highest BCUT2D eigenvalue weighted by Gasteiger charge is 2.19. The maximum atomic E-state index is 11.6. The summed E-state index contributed by atoms with van der Waals surface area (Å²) in [5, 5.41) is 12.5. The van der Waals surface area contributed by atoms with Gasteiger partial charge in [-0.15, -0.1) is 5.10 Å². The molecule has 8 heteroatoms. The van der Waals surface area contributed by atoms with Gasteiger partial charge >= 0.3 is 6.03 Å². The summed E-state index contributed by atoms with van der Waals surface area (Å²) in [7, 11) is 0. The summed E-state index contributed by atoms with van der Waals surface area (Å²) in [6, 6.07) is 9.42. The summed E-state index contributed by atoms with van der Waals surface area (Å²) in [4.78, 5) is 17.6. The van der Waals surface area contributed by atoms with Crippen LogP contribution in [0.1, 0.15) is 0 Å². The second kappa shape index (κ2) is 6.60. The lowest BCUT2D eigenvalue weighted by molar-refractivity contribution is 0.219. The molecule has 2 N–H and O–H groups in total. The quantitative estimate of drug-likeness (QED) is 0.736. The molecular weight excluding hydrogens is 340 g/mol. The molecule has 7 nitrogen and oxygen atoms in total. The van der Waals surface area contributed by atoms with Gasteiger partial charge in [0.05, 0.1) is 17.4 Å². The fourth-order valence-electron chi connectivity index (χ4n) is 2.91. The van der Waals surface area contributed by atoms with Gasteiger partial charge in [0, 0.05) is 42.8 Å². The Kier molecular flexibility index (Phi) is 4.15. The third-order valence-electron chi connectivity index (χ3n) is 4.17. The number of aromatic nitrogens is 3. The van der Waals surface area contributed by atoms with Crippen LogP contribution >= 0.6 is 11.6 Å². The molecule has 25 heavy (non-hydrogen) atoms. The van der Waals surface area contributed by atoms with Crippen molar-refractivity contribution >= 4 is 34.4 Å². The standard InChI is InChI=1S/C17H17ClN6O/c18-12-1-3-13(4-2-12)24-15-11-19-6-5-14(15)16(22-24)20-7-9-23-10-8-21-17(23)25/h1-6,11H,7-10H2,(H,20,22)(H,21,25). The van der Waals surface area contributed by atoms with Crippen LogP contribution in [0.2, 0.25) is 5.02 Å². The summed E-state index contributed by atoms with van der Waals surface area (Å²) in [6.45, 7) is 2.71. The Morgan fingerprint density at radius 3 is 2.84 bits per heavy atom. The average Bonchev–Trinajstić information content (AvgIpc) is 3.20. The highest BCUT2D eigenvalue weighted by molar-refractivity contribution is 6.30. The van der Waals surface area contributed by atoms with E-state index in [1.165, 1.54) is 0 Å². The maximum Gasteiger partial charge on any atom is 0.317 e. The molecule has 0 atom stereocenters. The number of anilines is 1. The molecule has 0 bridgehead atoms. The van der Waals surface area contributed by atoms with Crippen molar-refractivity contribution in [2.24, 2.45) is 0 Å². The first-order valence-corrected chi connectivity index (χ1v) is 8.45. The molecule has 1 saturated heterocycles. The summed E-state index contributed by atoms with van der Waals surface area (Å²) in [6.07, 6.45) is 3.53. The van der Waals surface area contributed by atoms with Gasteiger partial charge in [-0.2, -0.15) is 0 Å². The number of amides is 2. The first-order chi connectivity index (χ1) is 12.2. The molecule has 2 amide bonds. The van der Waals surface area contributed by atoms with Gasteiger partial charge < -0.3 is 15.5 Å². The Labute approximate surface area is 149 Å². The zero-order valence-corrected chi connectivity index (χ0v) is 14.2. The van der Waals surface area contributed by atoms with E-state index in [-0.39, 0.29) is 6.03 Å². The van der Waals surface area contributed by atoms with Gasteiger partial charge in [-0.05, 0) is 30.3 Å². The van der Waals surface area contributed by atoms with E-state index in [2.05, 4.69) is 20.7 Å². The summed E-state index contributed by atoms with van der Waals surface area (Å²) < 4.78 is 1.84. The van der Waals surface area contributed by atoms with Gasteiger partial charge in [-0.25, -0.2) is 9.48 Å². The highest BCUT2D eigenvalue weighted by atomic mass is 35.5. The van der Waals surface area contributed by atoms with E-state index < -0.39 is 0 Å². The van der Waals surface area contributed by atoms with Crippen LogP contribution in [0.3, 0.4) is 0 Å². The van der Waals surface area contributed by atoms with E-state index in [1.807, 2.05) is 35.0 Å². The Bertz CT molecular complexity index is 907. The lowest BCUT2D eigenvalue weighted by atomic mass is 10.3. The molecular formula is C17H17ClN6O. The lowest BCUT2D eigenvalue weighted by Gasteiger charge is -2.14. The van der Waals surface area contributed by atoms with Crippen molar-refractivity contribution in [1.82, 2.24) is 25.0 Å². The number of pyridine rings is 1. The van der Waals surface area contributed by atoms with E-state index in [9.17, 15) is 4.79 Å². The molecule has 1 aliphatic rings. The third kappa shape index (κ3) is 3.10. The predicted molar refractivity (Wildman–Crippen MR) is 97.3 cm³/mol. The van der Waals surface area contributed by atoms with Crippen molar-refractivity contribution in [3.05, 3.63) is 47.7 Å². The van der Waals surface area contributed by atoms with Crippen molar-refractivity contribution in [3.63, 3.8) is 0 Å². The van der Waals surface area contributed by atoms with Crippen LogP contribution in [0.4, 0.5) is 10.6 Å². The molecule has 3 aromatic rings. The number of hydrogen-bond acceptors (Lipinski definition) is 4. The fraction of sp³-hybridized carbons (Fsp3) is 0.235. The van der Waals surface area contributed by atoms with Gasteiger partial charge in [0.25, 0.3) is 0 Å². The summed E-state index contributed by atoms with van der Waals surface area (Å²) in [5.41, 5.74) is 1.82. The van der Waals surface area contributed by atoms with Crippen molar-refractivity contribution in [1.29, 1.82) is 0 Å². The fourth-order valence-corrected chi connectivity index (χ4v) is 3.03. The first kappa shape index (κ1) is 15.7. The van der Waals surface area contributed by atoms with Crippen LogP contribution in [0, 0.1) is 0 Å². The summed E-state index contributed by atoms with van der Waals surface area (Å²) in [5.74, 6) is 0.770. The van der Waals surface area contributed by atoms with Gasteiger partial charge in [-0.3, -0.25) is 4.98 Å². The molecule has 1 aromatic carbocycles. The van der Waals surface area contributed by atoms with Gasteiger partial charge in [0.1, 0.15) is 0 Å². The number of halogens is 1. The molecule has 128 valence electrons. The number of hydrogen-bond donors (Lipinski definition) is 2. The number of carbonyl (C=O) groups excluding carboxylic acids is 1. The first-order valence-electron chi connectivity index (χ1n) is 8.08. The Morgan fingerprint density at radius 2 is 2.08 bits per heavy atom. The molecule has 3 heterocycles. The minimum absolute atomic E-state index is 0.0115. The Balaban J connectivity index is 1.58. The van der Waals surface area contributed by atoms with Crippen LogP contribution < -0.4 is 10.6 Å².